The van der Waals surface area contributed by atoms with Gasteiger partial charge >= 0.3 is 5.88 Å². The molecule has 0 aliphatic carbocycles. The number of hydrogen-bond donors (Lipinski definition) is 0. The van der Waals surface area contributed by atoms with Crippen molar-refractivity contribution in [1.82, 2.24) is 9.88 Å². The van der Waals surface area contributed by atoms with Crippen LogP contribution in [0.5, 0.6) is 11.5 Å². The van der Waals surface area contributed by atoms with E-state index in [0.29, 0.717) is 48.5 Å². The summed E-state index contributed by atoms with van der Waals surface area (Å²) in [4.78, 5) is 31.9. The van der Waals surface area contributed by atoms with E-state index in [1.165, 1.54) is 22.3 Å². The van der Waals surface area contributed by atoms with E-state index < -0.39 is 16.7 Å². The second-order valence-corrected chi connectivity index (χ2v) is 7.93. The Morgan fingerprint density at radius 2 is 1.94 bits per heavy atom. The second-order valence-electron chi connectivity index (χ2n) is 6.95. The van der Waals surface area contributed by atoms with Crippen molar-refractivity contribution in [3.8, 4) is 11.5 Å². The molecule has 2 aromatic heterocycles. The fourth-order valence-electron chi connectivity index (χ4n) is 3.41. The molecule has 1 saturated heterocycles. The molecule has 3 aromatic rings. The number of morpholine rings is 1. The van der Waals surface area contributed by atoms with Crippen LogP contribution >= 0.6 is 11.3 Å². The first-order valence-electron chi connectivity index (χ1n) is 9.89. The average Bonchev–Trinajstić information content (AvgIpc) is 3.47. The number of methoxy groups -OCH3 is 2. The highest BCUT2D eigenvalue weighted by atomic mass is 32.1. The molecular formula is C20H22N4O7S. The Kier molecular flexibility index (Phi) is 6.53. The molecule has 0 spiro atoms. The van der Waals surface area contributed by atoms with Gasteiger partial charge in [-0.05, 0) is 18.2 Å². The van der Waals surface area contributed by atoms with Gasteiger partial charge in [0.15, 0.2) is 10.9 Å². The van der Waals surface area contributed by atoms with E-state index in [4.69, 9.17) is 18.6 Å². The first-order chi connectivity index (χ1) is 15.5. The monoisotopic (exact) mass is 462 g/mol. The molecule has 11 nitrogen and oxygen atoms in total. The van der Waals surface area contributed by atoms with Crippen LogP contribution in [0.4, 0.5) is 11.0 Å². The van der Waals surface area contributed by atoms with E-state index in [0.717, 1.165) is 23.9 Å². The summed E-state index contributed by atoms with van der Waals surface area (Å²) in [6.45, 7) is 3.69. The summed E-state index contributed by atoms with van der Waals surface area (Å²) in [5.41, 5.74) is 0.571. The molecule has 1 amide bonds. The van der Waals surface area contributed by atoms with Crippen molar-refractivity contribution in [2.75, 3.05) is 58.5 Å². The van der Waals surface area contributed by atoms with Gasteiger partial charge in [-0.25, -0.2) is 4.98 Å². The van der Waals surface area contributed by atoms with Gasteiger partial charge in [-0.1, -0.05) is 11.3 Å². The SMILES string of the molecule is COc1ccc(OC)c2sc(N(CCN3CCOCC3)C(=O)c3ccc([N+](=O)[O-])o3)nc12. The van der Waals surface area contributed by atoms with E-state index >= 15 is 0 Å². The fraction of sp³-hybridized carbons (Fsp3) is 0.400. The van der Waals surface area contributed by atoms with Gasteiger partial charge in [-0.3, -0.25) is 24.7 Å². The number of rotatable bonds is 8. The van der Waals surface area contributed by atoms with E-state index in [9.17, 15) is 14.9 Å². The molecule has 0 bridgehead atoms. The Morgan fingerprint density at radius 3 is 2.59 bits per heavy atom. The zero-order chi connectivity index (χ0) is 22.7. The van der Waals surface area contributed by atoms with Crippen molar-refractivity contribution in [2.45, 2.75) is 0 Å². The third kappa shape index (κ3) is 4.38. The number of carbonyl (C=O) groups is 1. The number of thiazole rings is 1. The van der Waals surface area contributed by atoms with Gasteiger partial charge in [0.1, 0.15) is 26.6 Å². The Morgan fingerprint density at radius 1 is 1.22 bits per heavy atom. The zero-order valence-electron chi connectivity index (χ0n) is 17.6. The summed E-state index contributed by atoms with van der Waals surface area (Å²) in [5, 5.41) is 11.4. The predicted octanol–water partition coefficient (Wildman–Crippen LogP) is 2.79. The molecule has 1 aliphatic rings. The molecule has 1 aliphatic heterocycles. The van der Waals surface area contributed by atoms with E-state index in [2.05, 4.69) is 9.88 Å². The highest BCUT2D eigenvalue weighted by molar-refractivity contribution is 7.22. The minimum Gasteiger partial charge on any atom is -0.495 e. The van der Waals surface area contributed by atoms with Gasteiger partial charge < -0.3 is 18.6 Å². The van der Waals surface area contributed by atoms with Gasteiger partial charge in [0, 0.05) is 26.2 Å². The third-order valence-electron chi connectivity index (χ3n) is 5.10. The number of hydrogen-bond acceptors (Lipinski definition) is 10. The molecule has 3 heterocycles. The third-order valence-corrected chi connectivity index (χ3v) is 6.19. The van der Waals surface area contributed by atoms with Crippen molar-refractivity contribution in [3.05, 3.63) is 40.1 Å². The lowest BCUT2D eigenvalue weighted by molar-refractivity contribution is -0.402. The van der Waals surface area contributed by atoms with Crippen LogP contribution < -0.4 is 14.4 Å². The number of nitro groups is 1. The van der Waals surface area contributed by atoms with Crippen molar-refractivity contribution >= 4 is 38.5 Å². The Bertz CT molecular complexity index is 1080. The lowest BCUT2D eigenvalue weighted by Gasteiger charge is -2.28. The van der Waals surface area contributed by atoms with Crippen molar-refractivity contribution in [2.24, 2.45) is 0 Å². The molecule has 12 heteroatoms. The zero-order valence-corrected chi connectivity index (χ0v) is 18.4. The number of benzene rings is 1. The molecule has 32 heavy (non-hydrogen) atoms. The van der Waals surface area contributed by atoms with Crippen LogP contribution in [-0.2, 0) is 4.74 Å². The quantitative estimate of drug-likeness (QED) is 0.367. The Labute approximate surface area is 187 Å². The molecular weight excluding hydrogens is 440 g/mol. The van der Waals surface area contributed by atoms with Gasteiger partial charge in [0.2, 0.25) is 0 Å². The second kappa shape index (κ2) is 9.51. The van der Waals surface area contributed by atoms with Crippen molar-refractivity contribution < 1.29 is 28.3 Å². The largest absolute Gasteiger partial charge is 0.495 e. The summed E-state index contributed by atoms with van der Waals surface area (Å²) >= 11 is 1.28. The lowest BCUT2D eigenvalue weighted by Crippen LogP contribution is -2.43. The normalized spacial score (nSPS) is 14.4. The molecule has 1 fully saturated rings. The molecule has 0 N–H and O–H groups in total. The maximum atomic E-state index is 13.3. The van der Waals surface area contributed by atoms with Crippen LogP contribution in [0.25, 0.3) is 10.2 Å². The van der Waals surface area contributed by atoms with Crippen LogP contribution in [-0.4, -0.2) is 74.3 Å². The minimum atomic E-state index is -0.678. The van der Waals surface area contributed by atoms with Crippen LogP contribution in [0.15, 0.2) is 28.7 Å². The number of ether oxygens (including phenoxy) is 3. The van der Waals surface area contributed by atoms with Crippen molar-refractivity contribution in [3.63, 3.8) is 0 Å². The molecule has 0 atom stereocenters. The molecule has 170 valence electrons. The van der Waals surface area contributed by atoms with E-state index in [-0.39, 0.29) is 5.76 Å². The average molecular weight is 462 g/mol. The smallest absolute Gasteiger partial charge is 0.433 e. The summed E-state index contributed by atoms with van der Waals surface area (Å²) in [5.74, 6) is 0.0330. The first kappa shape index (κ1) is 22.0. The number of amides is 1. The Hall–Kier alpha value is -3.22. The number of nitrogens with zero attached hydrogens (tertiary/aromatic N) is 4. The molecule has 0 saturated carbocycles. The maximum Gasteiger partial charge on any atom is 0.433 e. The van der Waals surface area contributed by atoms with Crippen LogP contribution in [0.1, 0.15) is 10.6 Å². The maximum absolute atomic E-state index is 13.3. The topological polar surface area (TPSA) is 120 Å². The standard InChI is InChI=1S/C20H22N4O7S/c1-28-13-3-4-14(29-2)18-17(13)21-20(32-18)23(8-7-22-9-11-30-12-10-22)19(25)15-5-6-16(31-15)24(26)27/h3-6H,7-12H2,1-2H3. The summed E-state index contributed by atoms with van der Waals surface area (Å²) in [7, 11) is 3.10. The highest BCUT2D eigenvalue weighted by Crippen LogP contribution is 2.40. The van der Waals surface area contributed by atoms with E-state index in [1.54, 1.807) is 26.4 Å². The minimum absolute atomic E-state index is 0.128. The van der Waals surface area contributed by atoms with E-state index in [1.807, 2.05) is 0 Å². The molecule has 0 unspecified atom stereocenters. The fourth-order valence-corrected chi connectivity index (χ4v) is 4.51. The highest BCUT2D eigenvalue weighted by Gasteiger charge is 2.28. The number of carbonyl (C=O) groups excluding carboxylic acids is 1. The first-order valence-corrected chi connectivity index (χ1v) is 10.7. The molecule has 4 rings (SSSR count). The number of furan rings is 1. The van der Waals surface area contributed by atoms with Crippen molar-refractivity contribution in [1.29, 1.82) is 0 Å². The van der Waals surface area contributed by atoms with Gasteiger partial charge in [0.25, 0.3) is 5.91 Å². The summed E-state index contributed by atoms with van der Waals surface area (Å²) in [6.07, 6.45) is 0. The molecule has 1 aromatic carbocycles. The lowest BCUT2D eigenvalue weighted by atomic mass is 10.3. The van der Waals surface area contributed by atoms with Crippen LogP contribution in [0.3, 0.4) is 0 Å². The van der Waals surface area contributed by atoms with Crippen LogP contribution in [0, 0.1) is 10.1 Å². The van der Waals surface area contributed by atoms with Gasteiger partial charge in [-0.15, -0.1) is 0 Å². The number of fused-ring (bicyclic) bond motifs is 1. The van der Waals surface area contributed by atoms with Gasteiger partial charge in [0.05, 0.1) is 33.5 Å². The number of anilines is 1. The predicted molar refractivity (Wildman–Crippen MR) is 117 cm³/mol. The molecule has 0 radical (unpaired) electrons. The van der Waals surface area contributed by atoms with Gasteiger partial charge in [-0.2, -0.15) is 0 Å². The summed E-state index contributed by atoms with van der Waals surface area (Å²) < 4.78 is 22.2. The van der Waals surface area contributed by atoms with Crippen LogP contribution in [0.2, 0.25) is 0 Å². The number of aromatic nitrogens is 1. The summed E-state index contributed by atoms with van der Waals surface area (Å²) in [6, 6.07) is 5.99. The Balaban J connectivity index is 1.70.